The minimum Gasteiger partial charge on any atom is -0.337 e. The van der Waals surface area contributed by atoms with Crippen LogP contribution >= 0.6 is 27.7 Å². The zero-order valence-corrected chi connectivity index (χ0v) is 18.0. The van der Waals surface area contributed by atoms with E-state index in [0.717, 1.165) is 33.2 Å². The van der Waals surface area contributed by atoms with Gasteiger partial charge in [0.2, 0.25) is 0 Å². The Morgan fingerprint density at radius 3 is 2.86 bits per heavy atom. The van der Waals surface area contributed by atoms with Crippen LogP contribution in [-0.2, 0) is 0 Å². The van der Waals surface area contributed by atoms with Crippen molar-refractivity contribution in [2.24, 2.45) is 4.99 Å². The highest BCUT2D eigenvalue weighted by atomic mass is 79.9. The van der Waals surface area contributed by atoms with Crippen LogP contribution in [0.3, 0.4) is 0 Å². The first-order chi connectivity index (χ1) is 13.8. The molecule has 0 saturated carbocycles. The number of hydrogen-bond donors (Lipinski definition) is 0. The van der Waals surface area contributed by atoms with Gasteiger partial charge in [-0.05, 0) is 48.9 Å². The molecule has 1 saturated heterocycles. The summed E-state index contributed by atoms with van der Waals surface area (Å²) in [6, 6.07) is 19.6. The van der Waals surface area contributed by atoms with E-state index in [4.69, 9.17) is 4.99 Å². The maximum Gasteiger partial charge on any atom is 0.160 e. The summed E-state index contributed by atoms with van der Waals surface area (Å²) in [7, 11) is 0. The van der Waals surface area contributed by atoms with Gasteiger partial charge in [-0.2, -0.15) is 0 Å². The van der Waals surface area contributed by atoms with Crippen LogP contribution in [0.1, 0.15) is 36.8 Å². The second-order valence-electron chi connectivity index (χ2n) is 7.12. The lowest BCUT2D eigenvalue weighted by Gasteiger charge is -2.32. The summed E-state index contributed by atoms with van der Waals surface area (Å²) in [6.07, 6.45) is 5.14. The molecule has 0 amide bonds. The highest BCUT2D eigenvalue weighted by molar-refractivity contribution is 9.10. The molecule has 5 rings (SSSR count). The van der Waals surface area contributed by atoms with Crippen molar-refractivity contribution in [2.75, 3.05) is 5.75 Å². The number of benzene rings is 1. The van der Waals surface area contributed by atoms with E-state index in [9.17, 15) is 0 Å². The van der Waals surface area contributed by atoms with Crippen LogP contribution in [0.15, 0.2) is 76.5 Å². The average molecular weight is 453 g/mol. The molecule has 1 fully saturated rings. The minimum absolute atomic E-state index is 0.0128. The number of aliphatic imine (C=N–C) groups is 1. The Labute approximate surface area is 177 Å². The normalized spacial score (nSPS) is 23.7. The van der Waals surface area contributed by atoms with Crippen LogP contribution in [-0.4, -0.2) is 31.4 Å². The molecular formula is C22H21BrN4S. The number of thioether (sulfide) groups is 1. The van der Waals surface area contributed by atoms with Crippen LogP contribution in [0.2, 0.25) is 0 Å². The second kappa shape index (κ2) is 7.41. The van der Waals surface area contributed by atoms with Crippen LogP contribution in [0, 0.1) is 0 Å². The molecule has 4 nitrogen and oxygen atoms in total. The first-order valence-corrected chi connectivity index (χ1v) is 11.4. The Balaban J connectivity index is 1.63. The van der Waals surface area contributed by atoms with E-state index in [1.54, 1.807) is 0 Å². The summed E-state index contributed by atoms with van der Waals surface area (Å²) in [6.45, 7) is 2.27. The van der Waals surface area contributed by atoms with Gasteiger partial charge in [-0.3, -0.25) is 9.98 Å². The fourth-order valence-electron chi connectivity index (χ4n) is 4.17. The molecule has 142 valence electrons. The first-order valence-electron chi connectivity index (χ1n) is 9.59. The van der Waals surface area contributed by atoms with E-state index >= 15 is 0 Å². The molecule has 0 radical (unpaired) electrons. The summed E-state index contributed by atoms with van der Waals surface area (Å²) >= 11 is 5.49. The zero-order valence-electron chi connectivity index (χ0n) is 15.6. The molecule has 1 aromatic carbocycles. The van der Waals surface area contributed by atoms with Crippen molar-refractivity contribution in [1.82, 2.24) is 14.5 Å². The molecule has 2 aromatic heterocycles. The van der Waals surface area contributed by atoms with Crippen molar-refractivity contribution in [3.8, 4) is 5.69 Å². The van der Waals surface area contributed by atoms with E-state index in [1.807, 2.05) is 24.0 Å². The monoisotopic (exact) mass is 452 g/mol. The number of aromatic nitrogens is 2. The van der Waals surface area contributed by atoms with Crippen molar-refractivity contribution < 1.29 is 0 Å². The number of pyridine rings is 1. The molecule has 0 N–H and O–H groups in total. The van der Waals surface area contributed by atoms with Crippen LogP contribution < -0.4 is 0 Å². The van der Waals surface area contributed by atoms with E-state index in [2.05, 4.69) is 92.0 Å². The third-order valence-electron chi connectivity index (χ3n) is 5.50. The minimum atomic E-state index is 0.0128. The lowest BCUT2D eigenvalue weighted by atomic mass is 9.99. The highest BCUT2D eigenvalue weighted by Crippen LogP contribution is 2.48. The van der Waals surface area contributed by atoms with Crippen molar-refractivity contribution >= 4 is 32.9 Å². The molecule has 0 bridgehead atoms. The van der Waals surface area contributed by atoms with Gasteiger partial charge in [0.1, 0.15) is 12.1 Å². The fraction of sp³-hybridized carbons (Fsp3) is 0.273. The molecule has 28 heavy (non-hydrogen) atoms. The Morgan fingerprint density at radius 1 is 1.14 bits per heavy atom. The van der Waals surface area contributed by atoms with Gasteiger partial charge < -0.3 is 9.47 Å². The van der Waals surface area contributed by atoms with Gasteiger partial charge in [0.15, 0.2) is 5.17 Å². The SMILES string of the molecule is CC[C@@H]1CSC2=N[C@@H](c3ccccn3)[C@@H](c3cccn3-c3cccc(Br)c3)N21. The van der Waals surface area contributed by atoms with Gasteiger partial charge in [0.25, 0.3) is 0 Å². The molecule has 0 unspecified atom stereocenters. The molecule has 2 aliphatic heterocycles. The maximum absolute atomic E-state index is 5.13. The number of amidine groups is 1. The molecule has 2 aliphatic rings. The number of fused-ring (bicyclic) bond motifs is 1. The zero-order chi connectivity index (χ0) is 19.1. The Bertz CT molecular complexity index is 1020. The van der Waals surface area contributed by atoms with E-state index < -0.39 is 0 Å². The summed E-state index contributed by atoms with van der Waals surface area (Å²) in [5, 5.41) is 1.16. The molecule has 0 aliphatic carbocycles. The molecule has 0 spiro atoms. The molecular weight excluding hydrogens is 432 g/mol. The smallest absolute Gasteiger partial charge is 0.160 e. The highest BCUT2D eigenvalue weighted by Gasteiger charge is 2.46. The maximum atomic E-state index is 5.13. The van der Waals surface area contributed by atoms with Crippen molar-refractivity contribution in [3.63, 3.8) is 0 Å². The van der Waals surface area contributed by atoms with Crippen molar-refractivity contribution in [2.45, 2.75) is 31.5 Å². The number of rotatable bonds is 4. The van der Waals surface area contributed by atoms with Gasteiger partial charge in [-0.25, -0.2) is 0 Å². The average Bonchev–Trinajstić information content (AvgIpc) is 3.43. The summed E-state index contributed by atoms with van der Waals surface area (Å²) in [5.41, 5.74) is 3.45. The van der Waals surface area contributed by atoms with E-state index in [1.165, 1.54) is 5.69 Å². The lowest BCUT2D eigenvalue weighted by molar-refractivity contribution is 0.249. The standard InChI is InChI=1S/C22H21BrN4S/c1-2-16-14-28-22-25-20(18-9-3-4-11-24-18)21(27(16)22)19-10-6-12-26(19)17-8-5-7-15(23)13-17/h3-13,16,20-21H,2,14H2,1H3/t16-,20+,21-/m1/s1. The topological polar surface area (TPSA) is 33.4 Å². The van der Waals surface area contributed by atoms with Crippen molar-refractivity contribution in [3.05, 3.63) is 82.9 Å². The van der Waals surface area contributed by atoms with Gasteiger partial charge >= 0.3 is 0 Å². The number of halogens is 1. The van der Waals surface area contributed by atoms with E-state index in [-0.39, 0.29) is 12.1 Å². The lowest BCUT2D eigenvalue weighted by Crippen LogP contribution is -2.36. The molecule has 3 atom stereocenters. The predicted molar refractivity (Wildman–Crippen MR) is 119 cm³/mol. The van der Waals surface area contributed by atoms with Gasteiger partial charge in [-0.15, -0.1) is 0 Å². The van der Waals surface area contributed by atoms with E-state index in [0.29, 0.717) is 6.04 Å². The third kappa shape index (κ3) is 2.99. The largest absolute Gasteiger partial charge is 0.337 e. The number of hydrogen-bond acceptors (Lipinski definition) is 4. The molecule has 6 heteroatoms. The quantitative estimate of drug-likeness (QED) is 0.515. The molecule has 3 aromatic rings. The van der Waals surface area contributed by atoms with Gasteiger partial charge in [0, 0.05) is 40.0 Å². The summed E-state index contributed by atoms with van der Waals surface area (Å²) in [4.78, 5) is 12.3. The number of nitrogens with zero attached hydrogens (tertiary/aromatic N) is 4. The third-order valence-corrected chi connectivity index (χ3v) is 7.12. The first kappa shape index (κ1) is 18.0. The second-order valence-corrected chi connectivity index (χ2v) is 9.02. The molecule has 4 heterocycles. The Morgan fingerprint density at radius 2 is 2.07 bits per heavy atom. The van der Waals surface area contributed by atoms with Crippen LogP contribution in [0.25, 0.3) is 5.69 Å². The predicted octanol–water partition coefficient (Wildman–Crippen LogP) is 5.61. The summed E-state index contributed by atoms with van der Waals surface area (Å²) < 4.78 is 3.37. The van der Waals surface area contributed by atoms with Crippen molar-refractivity contribution in [1.29, 1.82) is 0 Å². The fourth-order valence-corrected chi connectivity index (χ4v) is 5.89. The van der Waals surface area contributed by atoms with Crippen LogP contribution in [0.4, 0.5) is 0 Å². The van der Waals surface area contributed by atoms with Gasteiger partial charge in [0.05, 0.1) is 5.69 Å². The Kier molecular flexibility index (Phi) is 4.77. The Hall–Kier alpha value is -2.05. The van der Waals surface area contributed by atoms with Crippen LogP contribution in [0.5, 0.6) is 0 Å². The summed E-state index contributed by atoms with van der Waals surface area (Å²) in [5.74, 6) is 1.11. The van der Waals surface area contributed by atoms with Gasteiger partial charge in [-0.1, -0.05) is 46.7 Å².